The van der Waals surface area contributed by atoms with Crippen LogP contribution in [0.15, 0.2) is 24.3 Å². The number of rotatable bonds is 57. The fourth-order valence-electron chi connectivity index (χ4n) is 9.26. The van der Waals surface area contributed by atoms with Gasteiger partial charge in [0.1, 0.15) is 13.2 Å². The van der Waals surface area contributed by atoms with E-state index in [2.05, 4.69) is 45.1 Å². The van der Waals surface area contributed by atoms with Crippen LogP contribution in [-0.4, -0.2) is 37.2 Å². The van der Waals surface area contributed by atoms with Gasteiger partial charge in [0, 0.05) is 19.3 Å². The van der Waals surface area contributed by atoms with E-state index in [1.807, 2.05) is 0 Å². The molecule has 0 saturated heterocycles. The normalized spacial score (nSPS) is 12.1. The second kappa shape index (κ2) is 58.5. The highest BCUT2D eigenvalue weighted by molar-refractivity contribution is 5.71. The number of unbranched alkanes of at least 4 members (excludes halogenated alkanes) is 42. The number of hydrogen-bond donors (Lipinski definition) is 0. The fraction of sp³-hybridized carbons (Fsp3) is 0.889. The number of esters is 3. The van der Waals surface area contributed by atoms with Gasteiger partial charge in [0.05, 0.1) is 0 Å². The molecule has 0 aromatic heterocycles. The molecular formula is C63H118O6. The van der Waals surface area contributed by atoms with Gasteiger partial charge in [-0.15, -0.1) is 0 Å². The summed E-state index contributed by atoms with van der Waals surface area (Å²) in [6, 6.07) is 0. The van der Waals surface area contributed by atoms with E-state index in [1.165, 1.54) is 244 Å². The minimum Gasteiger partial charge on any atom is -0.462 e. The van der Waals surface area contributed by atoms with Gasteiger partial charge in [-0.2, -0.15) is 0 Å². The molecule has 0 radical (unpaired) electrons. The largest absolute Gasteiger partial charge is 0.462 e. The second-order valence-corrected chi connectivity index (χ2v) is 21.0. The SMILES string of the molecule is CCCCCCCC/C=C\CCCCCCCCCCCC(=O)OC[C@@H](COC(=O)CCCCCCCCCCCCCCCCC)OC(=O)CCCCCCCCC/C=C\CCCCCCCC. The molecule has 0 aliphatic heterocycles. The van der Waals surface area contributed by atoms with Crippen LogP contribution in [0.25, 0.3) is 0 Å². The van der Waals surface area contributed by atoms with Gasteiger partial charge in [0.2, 0.25) is 0 Å². The molecule has 0 saturated carbocycles. The van der Waals surface area contributed by atoms with Crippen molar-refractivity contribution in [1.82, 2.24) is 0 Å². The van der Waals surface area contributed by atoms with Crippen LogP contribution in [0.4, 0.5) is 0 Å². The predicted octanol–water partition coefficient (Wildman–Crippen LogP) is 20.7. The molecule has 0 heterocycles. The lowest BCUT2D eigenvalue weighted by Gasteiger charge is -2.18. The molecule has 1 atom stereocenters. The summed E-state index contributed by atoms with van der Waals surface area (Å²) >= 11 is 0. The number of allylic oxidation sites excluding steroid dienone is 4. The van der Waals surface area contributed by atoms with Crippen LogP contribution in [0.2, 0.25) is 0 Å². The molecule has 0 aromatic rings. The molecule has 0 N–H and O–H groups in total. The smallest absolute Gasteiger partial charge is 0.306 e. The Kier molecular flexibility index (Phi) is 56.7. The van der Waals surface area contributed by atoms with Crippen LogP contribution in [0.1, 0.15) is 342 Å². The Morgan fingerprint density at radius 3 is 0.725 bits per heavy atom. The van der Waals surface area contributed by atoms with E-state index in [9.17, 15) is 14.4 Å². The molecule has 406 valence electrons. The third-order valence-electron chi connectivity index (χ3n) is 13.9. The molecule has 69 heavy (non-hydrogen) atoms. The standard InChI is InChI=1S/C63H118O6/c1-4-7-10-13-16-19-22-25-28-30-31-33-35-38-41-44-47-50-53-56-62(65)68-59-60(58-67-61(64)55-52-49-46-43-40-37-34-27-24-21-18-15-12-9-6-3)69-63(66)57-54-51-48-45-42-39-36-32-29-26-23-20-17-14-11-8-5-2/h25-26,28-29,60H,4-24,27,30-59H2,1-3H3/b28-25-,29-26-/t60-/m1/s1. The van der Waals surface area contributed by atoms with Gasteiger partial charge in [-0.25, -0.2) is 0 Å². The Morgan fingerprint density at radius 2 is 0.478 bits per heavy atom. The third kappa shape index (κ3) is 56.7. The van der Waals surface area contributed by atoms with Crippen molar-refractivity contribution in [3.8, 4) is 0 Å². The van der Waals surface area contributed by atoms with Crippen molar-refractivity contribution >= 4 is 17.9 Å². The maximum Gasteiger partial charge on any atom is 0.306 e. The zero-order valence-electron chi connectivity index (χ0n) is 46.6. The van der Waals surface area contributed by atoms with Gasteiger partial charge in [-0.1, -0.05) is 276 Å². The Hall–Kier alpha value is -2.11. The highest BCUT2D eigenvalue weighted by atomic mass is 16.6. The maximum atomic E-state index is 12.9. The Labute approximate surface area is 430 Å². The molecule has 0 amide bonds. The van der Waals surface area contributed by atoms with Crippen molar-refractivity contribution in [1.29, 1.82) is 0 Å². The summed E-state index contributed by atoms with van der Waals surface area (Å²) in [6.45, 7) is 6.69. The van der Waals surface area contributed by atoms with E-state index in [4.69, 9.17) is 14.2 Å². The minimum atomic E-state index is -0.771. The molecule has 6 heteroatoms. The Bertz CT molecular complexity index is 1110. The van der Waals surface area contributed by atoms with Crippen LogP contribution >= 0.6 is 0 Å². The first-order chi connectivity index (χ1) is 34.0. The summed E-state index contributed by atoms with van der Waals surface area (Å²) in [5.41, 5.74) is 0. The summed E-state index contributed by atoms with van der Waals surface area (Å²) < 4.78 is 16.9. The van der Waals surface area contributed by atoms with Gasteiger partial charge >= 0.3 is 17.9 Å². The Morgan fingerprint density at radius 1 is 0.275 bits per heavy atom. The van der Waals surface area contributed by atoms with Crippen LogP contribution in [0.5, 0.6) is 0 Å². The molecule has 0 aliphatic carbocycles. The van der Waals surface area contributed by atoms with Gasteiger partial charge in [0.15, 0.2) is 6.10 Å². The zero-order chi connectivity index (χ0) is 50.0. The van der Waals surface area contributed by atoms with Crippen molar-refractivity contribution in [2.24, 2.45) is 0 Å². The van der Waals surface area contributed by atoms with E-state index in [0.717, 1.165) is 57.8 Å². The lowest BCUT2D eigenvalue weighted by molar-refractivity contribution is -0.167. The zero-order valence-corrected chi connectivity index (χ0v) is 46.6. The second-order valence-electron chi connectivity index (χ2n) is 21.0. The van der Waals surface area contributed by atoms with Crippen molar-refractivity contribution in [3.05, 3.63) is 24.3 Å². The lowest BCUT2D eigenvalue weighted by atomic mass is 10.0. The van der Waals surface area contributed by atoms with Crippen LogP contribution in [0, 0.1) is 0 Å². The van der Waals surface area contributed by atoms with Crippen molar-refractivity contribution in [2.45, 2.75) is 348 Å². The van der Waals surface area contributed by atoms with Gasteiger partial charge in [-0.05, 0) is 70.6 Å². The quantitative estimate of drug-likeness (QED) is 0.0261. The molecule has 0 aliphatic rings. The number of hydrogen-bond acceptors (Lipinski definition) is 6. The summed E-state index contributed by atoms with van der Waals surface area (Å²) in [4.78, 5) is 38.2. The van der Waals surface area contributed by atoms with E-state index >= 15 is 0 Å². The fourth-order valence-corrected chi connectivity index (χ4v) is 9.26. The number of ether oxygens (including phenoxy) is 3. The molecule has 0 bridgehead atoms. The number of carbonyl (C=O) groups is 3. The van der Waals surface area contributed by atoms with E-state index < -0.39 is 6.10 Å². The van der Waals surface area contributed by atoms with Gasteiger partial charge in [0.25, 0.3) is 0 Å². The van der Waals surface area contributed by atoms with Crippen molar-refractivity contribution < 1.29 is 28.6 Å². The average molecular weight is 972 g/mol. The molecule has 0 aromatic carbocycles. The minimum absolute atomic E-state index is 0.0687. The summed E-state index contributed by atoms with van der Waals surface area (Å²) in [6.07, 6.45) is 68.8. The monoisotopic (exact) mass is 971 g/mol. The highest BCUT2D eigenvalue weighted by Crippen LogP contribution is 2.17. The molecule has 0 spiro atoms. The molecule has 6 nitrogen and oxygen atoms in total. The molecule has 0 fully saturated rings. The van der Waals surface area contributed by atoms with E-state index in [1.54, 1.807) is 0 Å². The first-order valence-electron chi connectivity index (χ1n) is 30.8. The van der Waals surface area contributed by atoms with Crippen LogP contribution in [0.3, 0.4) is 0 Å². The average Bonchev–Trinajstić information content (AvgIpc) is 3.35. The summed E-state index contributed by atoms with van der Waals surface area (Å²) in [5.74, 6) is -0.851. The lowest BCUT2D eigenvalue weighted by Crippen LogP contribution is -2.30. The van der Waals surface area contributed by atoms with Crippen molar-refractivity contribution in [2.75, 3.05) is 13.2 Å². The van der Waals surface area contributed by atoms with Crippen LogP contribution < -0.4 is 0 Å². The van der Waals surface area contributed by atoms with E-state index in [0.29, 0.717) is 19.3 Å². The Balaban J connectivity index is 4.32. The van der Waals surface area contributed by atoms with Crippen LogP contribution in [-0.2, 0) is 28.6 Å². The third-order valence-corrected chi connectivity index (χ3v) is 13.9. The predicted molar refractivity (Wildman–Crippen MR) is 298 cm³/mol. The maximum absolute atomic E-state index is 12.9. The van der Waals surface area contributed by atoms with Crippen molar-refractivity contribution in [3.63, 3.8) is 0 Å². The summed E-state index contributed by atoms with van der Waals surface area (Å²) in [5, 5.41) is 0. The molecular weight excluding hydrogens is 853 g/mol. The first-order valence-corrected chi connectivity index (χ1v) is 30.8. The first kappa shape index (κ1) is 66.9. The molecule has 0 rings (SSSR count). The number of carbonyl (C=O) groups excluding carboxylic acids is 3. The molecule has 0 unspecified atom stereocenters. The van der Waals surface area contributed by atoms with E-state index in [-0.39, 0.29) is 31.1 Å². The van der Waals surface area contributed by atoms with Gasteiger partial charge < -0.3 is 14.2 Å². The highest BCUT2D eigenvalue weighted by Gasteiger charge is 2.19. The summed E-state index contributed by atoms with van der Waals surface area (Å²) in [7, 11) is 0. The topological polar surface area (TPSA) is 78.9 Å². The van der Waals surface area contributed by atoms with Gasteiger partial charge in [-0.3, -0.25) is 14.4 Å².